The standard InChI is InChI=1S/C29H36BN3O7/c1-16(32-26(36)20-9-10-31-21-14-18(7-8-19(20)21)38-15-25(34)35)27(37)33-11-5-6-24(33)30-39-23-13-17-12-22(28(17,2)3)29(23,4)40-30/h7-10,14,16-17,22-24H,5-6,11-13,15H2,1-4H3,(H,32,36)(H,34,35)/t16-,17+,22-,23?,24?,29+/m1/s1. The Balaban J connectivity index is 1.13. The minimum Gasteiger partial charge on any atom is -0.482 e. The molecule has 7 rings (SSSR count). The summed E-state index contributed by atoms with van der Waals surface area (Å²) in [5.41, 5.74) is 0.771. The van der Waals surface area contributed by atoms with Gasteiger partial charge in [-0.1, -0.05) is 13.8 Å². The number of rotatable bonds is 7. The van der Waals surface area contributed by atoms with Gasteiger partial charge >= 0.3 is 13.1 Å². The van der Waals surface area contributed by atoms with Crippen LogP contribution in [0.3, 0.4) is 0 Å². The second kappa shape index (κ2) is 9.73. The molecule has 5 aliphatic rings. The Morgan fingerprint density at radius 3 is 2.80 bits per heavy atom. The quantitative estimate of drug-likeness (QED) is 0.505. The minimum absolute atomic E-state index is 0.0546. The van der Waals surface area contributed by atoms with Crippen molar-refractivity contribution >= 4 is 35.8 Å². The number of nitrogens with one attached hydrogen (secondary N) is 1. The summed E-state index contributed by atoms with van der Waals surface area (Å²) in [4.78, 5) is 43.8. The summed E-state index contributed by atoms with van der Waals surface area (Å²) in [6.45, 7) is 8.67. The second-order valence-corrected chi connectivity index (χ2v) is 12.5. The van der Waals surface area contributed by atoms with Gasteiger partial charge in [0.25, 0.3) is 5.91 Å². The molecule has 1 aromatic heterocycles. The van der Waals surface area contributed by atoms with E-state index in [1.54, 1.807) is 31.2 Å². The summed E-state index contributed by atoms with van der Waals surface area (Å²) in [6.07, 6.45) is 5.39. The lowest BCUT2D eigenvalue weighted by Crippen LogP contribution is -2.65. The topological polar surface area (TPSA) is 127 Å². The number of hydrogen-bond acceptors (Lipinski definition) is 7. The maximum atomic E-state index is 13.6. The Morgan fingerprint density at radius 2 is 2.05 bits per heavy atom. The average molecular weight is 549 g/mol. The molecule has 2 bridgehead atoms. The first-order chi connectivity index (χ1) is 19.0. The molecule has 6 atom stereocenters. The zero-order valence-corrected chi connectivity index (χ0v) is 23.4. The first kappa shape index (κ1) is 27.0. The molecule has 2 aliphatic heterocycles. The molecular weight excluding hydrogens is 513 g/mol. The zero-order chi connectivity index (χ0) is 28.4. The fourth-order valence-corrected chi connectivity index (χ4v) is 7.56. The van der Waals surface area contributed by atoms with Crippen LogP contribution in [0, 0.1) is 17.3 Å². The van der Waals surface area contributed by atoms with Crippen molar-refractivity contribution in [3.05, 3.63) is 36.0 Å². The van der Waals surface area contributed by atoms with E-state index in [2.05, 4.69) is 31.1 Å². The molecule has 3 aliphatic carbocycles. The predicted molar refractivity (Wildman–Crippen MR) is 147 cm³/mol. The highest BCUT2D eigenvalue weighted by Crippen LogP contribution is 2.66. The molecule has 40 heavy (non-hydrogen) atoms. The van der Waals surface area contributed by atoms with E-state index < -0.39 is 31.6 Å². The van der Waals surface area contributed by atoms with E-state index in [-0.39, 0.29) is 29.0 Å². The van der Waals surface area contributed by atoms with Crippen molar-refractivity contribution in [1.82, 2.24) is 15.2 Å². The largest absolute Gasteiger partial charge is 0.482 e. The number of hydrogen-bond donors (Lipinski definition) is 2. The van der Waals surface area contributed by atoms with Crippen LogP contribution in [0.1, 0.15) is 63.7 Å². The molecular formula is C29H36BN3O7. The summed E-state index contributed by atoms with van der Waals surface area (Å²) in [6, 6.07) is 5.69. The molecule has 2 saturated heterocycles. The van der Waals surface area contributed by atoms with Crippen LogP contribution in [0.15, 0.2) is 30.5 Å². The highest BCUT2D eigenvalue weighted by atomic mass is 16.7. The molecule has 3 heterocycles. The van der Waals surface area contributed by atoms with Crippen LogP contribution in [0.25, 0.3) is 10.9 Å². The number of likely N-dealkylation sites (tertiary alicyclic amines) is 1. The number of ether oxygens (including phenoxy) is 1. The molecule has 212 valence electrons. The van der Waals surface area contributed by atoms with Gasteiger partial charge in [-0.05, 0) is 75.0 Å². The fraction of sp³-hybridized carbons (Fsp3) is 0.586. The Hall–Kier alpha value is -3.18. The van der Waals surface area contributed by atoms with E-state index in [9.17, 15) is 14.4 Å². The van der Waals surface area contributed by atoms with Gasteiger partial charge in [0.15, 0.2) is 6.61 Å². The Bertz CT molecular complexity index is 1370. The molecule has 5 fully saturated rings. The molecule has 11 heteroatoms. The Labute approximate surface area is 233 Å². The highest BCUT2D eigenvalue weighted by Gasteiger charge is 2.69. The van der Waals surface area contributed by atoms with Crippen molar-refractivity contribution in [3.63, 3.8) is 0 Å². The van der Waals surface area contributed by atoms with Gasteiger partial charge in [0, 0.05) is 24.2 Å². The number of carboxylic acids is 1. The van der Waals surface area contributed by atoms with Gasteiger partial charge in [0.2, 0.25) is 5.91 Å². The van der Waals surface area contributed by atoms with Gasteiger partial charge in [-0.3, -0.25) is 14.6 Å². The summed E-state index contributed by atoms with van der Waals surface area (Å²) in [5, 5.41) is 12.3. The van der Waals surface area contributed by atoms with Crippen LogP contribution in [-0.2, 0) is 18.9 Å². The lowest BCUT2D eigenvalue weighted by molar-refractivity contribution is -0.199. The van der Waals surface area contributed by atoms with Crippen LogP contribution in [0.2, 0.25) is 0 Å². The number of carboxylic acid groups (broad SMARTS) is 1. The van der Waals surface area contributed by atoms with Crippen molar-refractivity contribution in [2.24, 2.45) is 17.3 Å². The number of amides is 2. The van der Waals surface area contributed by atoms with E-state index in [0.717, 1.165) is 19.3 Å². The second-order valence-electron chi connectivity index (χ2n) is 12.5. The van der Waals surface area contributed by atoms with Crippen molar-refractivity contribution in [1.29, 1.82) is 0 Å². The van der Waals surface area contributed by atoms with E-state index in [1.165, 1.54) is 12.6 Å². The number of benzene rings is 1. The summed E-state index contributed by atoms with van der Waals surface area (Å²) in [5.74, 6) is -0.364. The number of pyridine rings is 1. The highest BCUT2D eigenvalue weighted by molar-refractivity contribution is 6.48. The van der Waals surface area contributed by atoms with Gasteiger partial charge in [0.05, 0.1) is 28.7 Å². The predicted octanol–water partition coefficient (Wildman–Crippen LogP) is 3.08. The molecule has 3 saturated carbocycles. The average Bonchev–Trinajstić information content (AvgIpc) is 3.54. The maximum absolute atomic E-state index is 13.6. The monoisotopic (exact) mass is 549 g/mol. The molecule has 1 aromatic carbocycles. The van der Waals surface area contributed by atoms with Crippen molar-refractivity contribution in [2.75, 3.05) is 13.2 Å². The summed E-state index contributed by atoms with van der Waals surface area (Å²) >= 11 is 0. The molecule has 10 nitrogen and oxygen atoms in total. The van der Waals surface area contributed by atoms with Crippen LogP contribution >= 0.6 is 0 Å². The van der Waals surface area contributed by atoms with Gasteiger partial charge < -0.3 is 29.4 Å². The maximum Gasteiger partial charge on any atom is 0.481 e. The molecule has 2 N–H and O–H groups in total. The Kier molecular flexibility index (Phi) is 6.57. The van der Waals surface area contributed by atoms with E-state index in [4.69, 9.17) is 19.2 Å². The third-order valence-corrected chi connectivity index (χ3v) is 9.90. The fourth-order valence-electron chi connectivity index (χ4n) is 7.56. The van der Waals surface area contributed by atoms with Crippen LogP contribution in [-0.4, -0.2) is 76.7 Å². The first-order valence-corrected chi connectivity index (χ1v) is 14.2. The van der Waals surface area contributed by atoms with Crippen LogP contribution < -0.4 is 10.1 Å². The van der Waals surface area contributed by atoms with Gasteiger partial charge in [-0.25, -0.2) is 4.79 Å². The molecule has 2 unspecified atom stereocenters. The number of fused-ring (bicyclic) bond motifs is 1. The van der Waals surface area contributed by atoms with Gasteiger partial charge in [-0.15, -0.1) is 0 Å². The number of carbonyl (C=O) groups excluding carboxylic acids is 2. The SMILES string of the molecule is C[C@@H](NC(=O)c1ccnc2cc(OCC(=O)O)ccc12)C(=O)N1CCCC1B1OC2C[C@@H]3C[C@H](C3(C)C)[C@]2(C)O1. The summed E-state index contributed by atoms with van der Waals surface area (Å²) in [7, 11) is -0.457. The first-order valence-electron chi connectivity index (χ1n) is 14.2. The van der Waals surface area contributed by atoms with E-state index in [1.807, 2.05) is 4.90 Å². The van der Waals surface area contributed by atoms with Crippen molar-refractivity contribution < 1.29 is 33.5 Å². The molecule has 0 radical (unpaired) electrons. The Morgan fingerprint density at radius 1 is 1.25 bits per heavy atom. The number of nitrogens with zero attached hydrogens (tertiary/aromatic N) is 2. The molecule has 2 aromatic rings. The minimum atomic E-state index is -1.08. The number of aliphatic carboxylic acids is 1. The van der Waals surface area contributed by atoms with Gasteiger partial charge in [0.1, 0.15) is 11.8 Å². The third kappa shape index (κ3) is 4.34. The van der Waals surface area contributed by atoms with E-state index in [0.29, 0.717) is 40.6 Å². The van der Waals surface area contributed by atoms with Crippen molar-refractivity contribution in [2.45, 2.75) is 77.1 Å². The lowest BCUT2D eigenvalue weighted by Gasteiger charge is -2.64. The van der Waals surface area contributed by atoms with Crippen molar-refractivity contribution in [3.8, 4) is 5.75 Å². The van der Waals surface area contributed by atoms with E-state index >= 15 is 0 Å². The van der Waals surface area contributed by atoms with Gasteiger partial charge in [-0.2, -0.15) is 0 Å². The lowest BCUT2D eigenvalue weighted by atomic mass is 9.43. The number of carbonyl (C=O) groups is 3. The van der Waals surface area contributed by atoms with Crippen LogP contribution in [0.5, 0.6) is 5.75 Å². The zero-order valence-electron chi connectivity index (χ0n) is 23.4. The number of aromatic nitrogens is 1. The smallest absolute Gasteiger partial charge is 0.481 e. The normalized spacial score (nSPS) is 30.9. The third-order valence-electron chi connectivity index (χ3n) is 9.90. The summed E-state index contributed by atoms with van der Waals surface area (Å²) < 4.78 is 18.4. The van der Waals surface area contributed by atoms with Crippen LogP contribution in [0.4, 0.5) is 0 Å². The molecule has 0 spiro atoms. The molecule has 2 amide bonds.